The van der Waals surface area contributed by atoms with Crippen molar-refractivity contribution in [1.82, 2.24) is 4.98 Å². The number of aromatic nitrogens is 1. The topological polar surface area (TPSA) is 33.1 Å². The molecular weight excluding hydrogens is 266 g/mol. The van der Waals surface area contributed by atoms with Crippen molar-refractivity contribution in [2.75, 3.05) is 0 Å². The fraction of sp³-hybridized carbons (Fsp3) is 0.471. The van der Waals surface area contributed by atoms with Crippen LogP contribution in [0.5, 0.6) is 0 Å². The summed E-state index contributed by atoms with van der Waals surface area (Å²) >= 11 is 1.64. The highest BCUT2D eigenvalue weighted by atomic mass is 32.1. The van der Waals surface area contributed by atoms with E-state index in [9.17, 15) is 5.11 Å². The Morgan fingerprint density at radius 2 is 2.00 bits per heavy atom. The molecule has 0 spiro atoms. The predicted octanol–water partition coefficient (Wildman–Crippen LogP) is 3.78. The van der Waals surface area contributed by atoms with Gasteiger partial charge in [-0.15, -0.1) is 11.3 Å². The van der Waals surface area contributed by atoms with E-state index in [1.165, 1.54) is 30.4 Å². The standard InChI is InChI=1S/C17H21NOS/c1-12-18-16(11-20-12)10-17(2,19)15-8-7-13-5-3-4-6-14(13)9-15/h7-9,11,19H,3-6,10H2,1-2H3. The van der Waals surface area contributed by atoms with Gasteiger partial charge in [-0.2, -0.15) is 0 Å². The number of nitrogens with zero attached hydrogens (tertiary/aromatic N) is 1. The van der Waals surface area contributed by atoms with Crippen LogP contribution in [0.25, 0.3) is 0 Å². The number of thiazole rings is 1. The molecule has 0 bridgehead atoms. The van der Waals surface area contributed by atoms with Crippen molar-refractivity contribution < 1.29 is 5.11 Å². The van der Waals surface area contributed by atoms with Crippen LogP contribution < -0.4 is 0 Å². The normalized spacial score (nSPS) is 17.6. The minimum Gasteiger partial charge on any atom is -0.385 e. The van der Waals surface area contributed by atoms with Crippen molar-refractivity contribution in [1.29, 1.82) is 0 Å². The van der Waals surface area contributed by atoms with E-state index in [1.807, 2.05) is 19.2 Å². The first kappa shape index (κ1) is 13.8. The van der Waals surface area contributed by atoms with E-state index in [2.05, 4.69) is 23.2 Å². The first-order chi connectivity index (χ1) is 9.54. The zero-order valence-electron chi connectivity index (χ0n) is 12.1. The van der Waals surface area contributed by atoms with Gasteiger partial charge >= 0.3 is 0 Å². The van der Waals surface area contributed by atoms with Gasteiger partial charge in [-0.25, -0.2) is 4.98 Å². The summed E-state index contributed by atoms with van der Waals surface area (Å²) in [5.41, 5.74) is 4.04. The van der Waals surface area contributed by atoms with Crippen molar-refractivity contribution >= 4 is 11.3 Å². The van der Waals surface area contributed by atoms with E-state index in [0.717, 1.165) is 22.7 Å². The SMILES string of the molecule is Cc1nc(CC(C)(O)c2ccc3c(c2)CCCC3)cs1. The first-order valence-corrected chi connectivity index (χ1v) is 8.18. The highest BCUT2D eigenvalue weighted by molar-refractivity contribution is 7.09. The number of aryl methyl sites for hydroxylation is 3. The van der Waals surface area contributed by atoms with Crippen LogP contribution in [0.3, 0.4) is 0 Å². The van der Waals surface area contributed by atoms with Crippen LogP contribution in [0, 0.1) is 6.92 Å². The highest BCUT2D eigenvalue weighted by Gasteiger charge is 2.26. The minimum atomic E-state index is -0.840. The van der Waals surface area contributed by atoms with Gasteiger partial charge < -0.3 is 5.11 Å². The summed E-state index contributed by atoms with van der Waals surface area (Å²) in [6.45, 7) is 3.90. The number of hydrogen-bond donors (Lipinski definition) is 1. The Labute approximate surface area is 124 Å². The molecule has 2 aromatic rings. The van der Waals surface area contributed by atoms with Crippen LogP contribution in [0.4, 0.5) is 0 Å². The fourth-order valence-electron chi connectivity index (χ4n) is 3.01. The summed E-state index contributed by atoms with van der Waals surface area (Å²) in [5.74, 6) is 0. The molecule has 0 radical (unpaired) electrons. The third-order valence-electron chi connectivity index (χ3n) is 4.16. The second kappa shape index (κ2) is 5.30. The Morgan fingerprint density at radius 3 is 2.70 bits per heavy atom. The fourth-order valence-corrected chi connectivity index (χ4v) is 3.63. The van der Waals surface area contributed by atoms with Crippen molar-refractivity contribution in [3.05, 3.63) is 51.0 Å². The number of benzene rings is 1. The van der Waals surface area contributed by atoms with Gasteiger partial charge in [-0.3, -0.25) is 0 Å². The van der Waals surface area contributed by atoms with Crippen molar-refractivity contribution in [3.8, 4) is 0 Å². The van der Waals surface area contributed by atoms with Gasteiger partial charge in [-0.1, -0.05) is 18.2 Å². The molecule has 0 aliphatic heterocycles. The largest absolute Gasteiger partial charge is 0.385 e. The molecule has 0 amide bonds. The lowest BCUT2D eigenvalue weighted by Gasteiger charge is -2.25. The van der Waals surface area contributed by atoms with Gasteiger partial charge in [0.2, 0.25) is 0 Å². The van der Waals surface area contributed by atoms with Crippen molar-refractivity contribution in [3.63, 3.8) is 0 Å². The Hall–Kier alpha value is -1.19. The Kier molecular flexibility index (Phi) is 3.65. The molecule has 20 heavy (non-hydrogen) atoms. The monoisotopic (exact) mass is 287 g/mol. The molecular formula is C17H21NOS. The maximum absolute atomic E-state index is 10.8. The molecule has 1 unspecified atom stereocenters. The van der Waals surface area contributed by atoms with Crippen LogP contribution >= 0.6 is 11.3 Å². The number of hydrogen-bond acceptors (Lipinski definition) is 3. The molecule has 0 saturated heterocycles. The molecule has 0 fully saturated rings. The Morgan fingerprint density at radius 1 is 1.25 bits per heavy atom. The van der Waals surface area contributed by atoms with Gasteiger partial charge in [-0.05, 0) is 56.2 Å². The van der Waals surface area contributed by atoms with E-state index in [4.69, 9.17) is 0 Å². The molecule has 1 aromatic heterocycles. The van der Waals surface area contributed by atoms with Crippen LogP contribution in [-0.2, 0) is 24.9 Å². The van der Waals surface area contributed by atoms with E-state index >= 15 is 0 Å². The van der Waals surface area contributed by atoms with Crippen LogP contribution in [0.2, 0.25) is 0 Å². The van der Waals surface area contributed by atoms with Crippen molar-refractivity contribution in [2.24, 2.45) is 0 Å². The molecule has 0 saturated carbocycles. The van der Waals surface area contributed by atoms with E-state index in [1.54, 1.807) is 11.3 Å². The maximum Gasteiger partial charge on any atom is 0.0924 e. The Bertz CT molecular complexity index is 615. The van der Waals surface area contributed by atoms with E-state index < -0.39 is 5.60 Å². The smallest absolute Gasteiger partial charge is 0.0924 e. The number of aliphatic hydroxyl groups is 1. The van der Waals surface area contributed by atoms with Gasteiger partial charge in [0.15, 0.2) is 0 Å². The summed E-state index contributed by atoms with van der Waals surface area (Å²) in [5, 5.41) is 13.9. The molecule has 3 rings (SSSR count). The quantitative estimate of drug-likeness (QED) is 0.932. The number of fused-ring (bicyclic) bond motifs is 1. The molecule has 1 aliphatic carbocycles. The average Bonchev–Trinajstić information content (AvgIpc) is 2.83. The number of rotatable bonds is 3. The summed E-state index contributed by atoms with van der Waals surface area (Å²) in [6, 6.07) is 6.49. The molecule has 2 nitrogen and oxygen atoms in total. The van der Waals surface area contributed by atoms with Crippen LogP contribution in [-0.4, -0.2) is 10.1 Å². The van der Waals surface area contributed by atoms with Gasteiger partial charge in [0, 0.05) is 11.8 Å². The average molecular weight is 287 g/mol. The Balaban J connectivity index is 1.86. The summed E-state index contributed by atoms with van der Waals surface area (Å²) in [6.07, 6.45) is 5.47. The molecule has 1 heterocycles. The van der Waals surface area contributed by atoms with Gasteiger partial charge in [0.1, 0.15) is 0 Å². The second-order valence-corrected chi connectivity index (χ2v) is 7.06. The molecule has 1 aliphatic rings. The highest BCUT2D eigenvalue weighted by Crippen LogP contribution is 2.30. The minimum absolute atomic E-state index is 0.579. The zero-order valence-corrected chi connectivity index (χ0v) is 13.0. The van der Waals surface area contributed by atoms with Crippen molar-refractivity contribution in [2.45, 2.75) is 51.6 Å². The van der Waals surface area contributed by atoms with Crippen LogP contribution in [0.15, 0.2) is 23.6 Å². The lowest BCUT2D eigenvalue weighted by molar-refractivity contribution is 0.0566. The summed E-state index contributed by atoms with van der Waals surface area (Å²) in [7, 11) is 0. The predicted molar refractivity (Wildman–Crippen MR) is 83.2 cm³/mol. The van der Waals surface area contributed by atoms with Crippen LogP contribution in [0.1, 0.15) is 47.2 Å². The lowest BCUT2D eigenvalue weighted by atomic mass is 9.85. The van der Waals surface area contributed by atoms with E-state index in [-0.39, 0.29) is 0 Å². The molecule has 1 atom stereocenters. The second-order valence-electron chi connectivity index (χ2n) is 6.00. The zero-order chi connectivity index (χ0) is 14.2. The maximum atomic E-state index is 10.8. The third kappa shape index (κ3) is 2.79. The van der Waals surface area contributed by atoms with Gasteiger partial charge in [0.25, 0.3) is 0 Å². The van der Waals surface area contributed by atoms with Gasteiger partial charge in [0.05, 0.1) is 16.3 Å². The van der Waals surface area contributed by atoms with E-state index in [0.29, 0.717) is 6.42 Å². The first-order valence-electron chi connectivity index (χ1n) is 7.30. The molecule has 106 valence electrons. The summed E-state index contributed by atoms with van der Waals surface area (Å²) in [4.78, 5) is 4.47. The summed E-state index contributed by atoms with van der Waals surface area (Å²) < 4.78 is 0. The lowest BCUT2D eigenvalue weighted by Crippen LogP contribution is -2.25. The molecule has 1 N–H and O–H groups in total. The third-order valence-corrected chi connectivity index (χ3v) is 4.98. The molecule has 1 aromatic carbocycles. The molecule has 3 heteroatoms.